The Labute approximate surface area is 114 Å². The van der Waals surface area contributed by atoms with Gasteiger partial charge in [-0.25, -0.2) is 9.97 Å². The van der Waals surface area contributed by atoms with Crippen molar-refractivity contribution in [2.45, 2.75) is 25.0 Å². The third kappa shape index (κ3) is 2.77. The van der Waals surface area contributed by atoms with Gasteiger partial charge in [-0.2, -0.15) is 13.2 Å². The molecule has 2 heterocycles. The summed E-state index contributed by atoms with van der Waals surface area (Å²) >= 11 is 9.06. The van der Waals surface area contributed by atoms with E-state index in [1.807, 2.05) is 0 Å². The van der Waals surface area contributed by atoms with Crippen LogP contribution in [-0.2, 0) is 6.54 Å². The maximum Gasteiger partial charge on any atom is 0.406 e. The van der Waals surface area contributed by atoms with Crippen LogP contribution < -0.4 is 0 Å². The average Bonchev–Trinajstić information content (AvgIpc) is 2.54. The molecule has 1 atom stereocenters. The summed E-state index contributed by atoms with van der Waals surface area (Å²) in [4.78, 5) is 8.06. The number of alkyl halides is 4. The Morgan fingerprint density at radius 3 is 2.72 bits per heavy atom. The zero-order chi connectivity index (χ0) is 13.5. The van der Waals surface area contributed by atoms with Gasteiger partial charge >= 0.3 is 6.18 Å². The Kier molecular flexibility index (Phi) is 3.55. The van der Waals surface area contributed by atoms with Gasteiger partial charge in [-0.15, -0.1) is 11.6 Å². The highest BCUT2D eigenvalue weighted by atomic mass is 79.9. The minimum atomic E-state index is -4.34. The lowest BCUT2D eigenvalue weighted by atomic mass is 10.4. The molecular weight excluding hydrogens is 334 g/mol. The fraction of sp³-hybridized carbons (Fsp3) is 0.400. The molecule has 98 valence electrons. The molecule has 0 aliphatic heterocycles. The summed E-state index contributed by atoms with van der Waals surface area (Å²) in [5.41, 5.74) is 0.564. The summed E-state index contributed by atoms with van der Waals surface area (Å²) in [5, 5.41) is -0.625. The van der Waals surface area contributed by atoms with Crippen LogP contribution >= 0.6 is 27.5 Å². The van der Waals surface area contributed by atoms with Crippen LogP contribution in [0.4, 0.5) is 13.2 Å². The van der Waals surface area contributed by atoms with Crippen LogP contribution in [0.25, 0.3) is 11.2 Å². The van der Waals surface area contributed by atoms with Gasteiger partial charge in [-0.3, -0.25) is 0 Å². The van der Waals surface area contributed by atoms with E-state index in [-0.39, 0.29) is 11.5 Å². The first-order valence-corrected chi connectivity index (χ1v) is 6.23. The number of hydrogen-bond donors (Lipinski definition) is 0. The lowest BCUT2D eigenvalue weighted by molar-refractivity contribution is -0.140. The predicted octanol–water partition coefficient (Wildman–Crippen LogP) is 4.06. The van der Waals surface area contributed by atoms with Gasteiger partial charge in [-0.05, 0) is 28.9 Å². The van der Waals surface area contributed by atoms with E-state index in [9.17, 15) is 13.2 Å². The maximum atomic E-state index is 12.5. The molecule has 1 unspecified atom stereocenters. The number of fused-ring (bicyclic) bond motifs is 1. The van der Waals surface area contributed by atoms with Crippen molar-refractivity contribution in [3.05, 3.63) is 22.6 Å². The fourth-order valence-corrected chi connectivity index (χ4v) is 2.13. The third-order valence-corrected chi connectivity index (χ3v) is 2.90. The molecule has 0 saturated heterocycles. The van der Waals surface area contributed by atoms with E-state index in [1.165, 1.54) is 6.20 Å². The highest BCUT2D eigenvalue weighted by Gasteiger charge is 2.31. The summed E-state index contributed by atoms with van der Waals surface area (Å²) in [7, 11) is 0. The second-order valence-corrected chi connectivity index (χ2v) is 5.35. The quantitative estimate of drug-likeness (QED) is 0.771. The highest BCUT2D eigenvalue weighted by molar-refractivity contribution is 9.10. The molecule has 3 nitrogen and oxygen atoms in total. The summed E-state index contributed by atoms with van der Waals surface area (Å²) in [5.74, 6) is 0.162. The summed E-state index contributed by atoms with van der Waals surface area (Å²) < 4.78 is 39.3. The number of hydrogen-bond acceptors (Lipinski definition) is 2. The molecule has 2 aromatic heterocycles. The molecule has 0 saturated carbocycles. The number of imidazole rings is 1. The standard InChI is InChI=1S/C10H8BrClF3N3/c1-5(12)8-17-7-2-6(11)3-16-9(7)18(8)4-10(13,14)15/h2-3,5H,4H2,1H3. The van der Waals surface area contributed by atoms with Crippen LogP contribution in [0.2, 0.25) is 0 Å². The van der Waals surface area contributed by atoms with Crippen LogP contribution in [0.1, 0.15) is 18.1 Å². The van der Waals surface area contributed by atoms with Crippen LogP contribution in [-0.4, -0.2) is 20.7 Å². The van der Waals surface area contributed by atoms with Crippen LogP contribution in [0, 0.1) is 0 Å². The van der Waals surface area contributed by atoms with Crippen molar-refractivity contribution in [1.29, 1.82) is 0 Å². The molecule has 0 fully saturated rings. The Bertz CT molecular complexity index is 579. The average molecular weight is 343 g/mol. The van der Waals surface area contributed by atoms with Crippen molar-refractivity contribution in [2.24, 2.45) is 0 Å². The maximum absolute atomic E-state index is 12.5. The van der Waals surface area contributed by atoms with Crippen molar-refractivity contribution >= 4 is 38.7 Å². The lowest BCUT2D eigenvalue weighted by Crippen LogP contribution is -2.20. The number of rotatable bonds is 2. The number of aromatic nitrogens is 3. The normalized spacial score (nSPS) is 14.1. The first-order valence-electron chi connectivity index (χ1n) is 5.00. The third-order valence-electron chi connectivity index (χ3n) is 2.27. The van der Waals surface area contributed by atoms with E-state index < -0.39 is 18.1 Å². The molecule has 2 rings (SSSR count). The zero-order valence-electron chi connectivity index (χ0n) is 9.17. The molecule has 18 heavy (non-hydrogen) atoms. The van der Waals surface area contributed by atoms with E-state index in [1.54, 1.807) is 13.0 Å². The summed E-state index contributed by atoms with van der Waals surface area (Å²) in [6.07, 6.45) is -2.91. The van der Waals surface area contributed by atoms with Gasteiger partial charge in [0.2, 0.25) is 0 Å². The fourth-order valence-electron chi connectivity index (χ4n) is 1.64. The molecule has 0 aromatic carbocycles. The van der Waals surface area contributed by atoms with Crippen molar-refractivity contribution in [2.75, 3.05) is 0 Å². The smallest absolute Gasteiger partial charge is 0.302 e. The van der Waals surface area contributed by atoms with Gasteiger partial charge in [0.05, 0.1) is 5.38 Å². The number of nitrogens with zero attached hydrogens (tertiary/aromatic N) is 3. The van der Waals surface area contributed by atoms with E-state index in [4.69, 9.17) is 11.6 Å². The number of pyridine rings is 1. The Hall–Kier alpha value is -0.820. The van der Waals surface area contributed by atoms with Gasteiger partial charge in [0.1, 0.15) is 17.9 Å². The molecule has 0 radical (unpaired) electrons. The van der Waals surface area contributed by atoms with E-state index in [2.05, 4.69) is 25.9 Å². The second kappa shape index (κ2) is 4.70. The second-order valence-electron chi connectivity index (χ2n) is 3.78. The monoisotopic (exact) mass is 341 g/mol. The molecule has 8 heteroatoms. The van der Waals surface area contributed by atoms with E-state index >= 15 is 0 Å². The molecule has 0 bridgehead atoms. The summed E-state index contributed by atoms with van der Waals surface area (Å²) in [6.45, 7) is 0.426. The van der Waals surface area contributed by atoms with Gasteiger partial charge in [-0.1, -0.05) is 0 Å². The van der Waals surface area contributed by atoms with Crippen molar-refractivity contribution in [3.8, 4) is 0 Å². The Morgan fingerprint density at radius 1 is 1.50 bits per heavy atom. The molecule has 0 N–H and O–H groups in total. The molecule has 0 spiro atoms. The van der Waals surface area contributed by atoms with Gasteiger partial charge in [0.25, 0.3) is 0 Å². The molecule has 2 aromatic rings. The zero-order valence-corrected chi connectivity index (χ0v) is 11.5. The first kappa shape index (κ1) is 13.6. The summed E-state index contributed by atoms with van der Waals surface area (Å²) in [6, 6.07) is 1.61. The van der Waals surface area contributed by atoms with Crippen LogP contribution in [0.3, 0.4) is 0 Å². The molecule has 0 aliphatic rings. The molecule has 0 amide bonds. The minimum absolute atomic E-state index is 0.162. The van der Waals surface area contributed by atoms with Gasteiger partial charge in [0.15, 0.2) is 5.65 Å². The molecular formula is C10H8BrClF3N3. The Balaban J connectivity index is 2.63. The number of halogens is 5. The lowest BCUT2D eigenvalue weighted by Gasteiger charge is -2.12. The minimum Gasteiger partial charge on any atom is -0.302 e. The largest absolute Gasteiger partial charge is 0.406 e. The Morgan fingerprint density at radius 2 is 2.17 bits per heavy atom. The predicted molar refractivity (Wildman–Crippen MR) is 65.6 cm³/mol. The topological polar surface area (TPSA) is 30.7 Å². The van der Waals surface area contributed by atoms with Crippen molar-refractivity contribution < 1.29 is 13.2 Å². The van der Waals surface area contributed by atoms with Crippen LogP contribution in [0.5, 0.6) is 0 Å². The SMILES string of the molecule is CC(Cl)c1nc2cc(Br)cnc2n1CC(F)(F)F. The van der Waals surface area contributed by atoms with Crippen LogP contribution in [0.15, 0.2) is 16.7 Å². The van der Waals surface area contributed by atoms with Crippen molar-refractivity contribution in [1.82, 2.24) is 14.5 Å². The first-order chi connectivity index (χ1) is 8.28. The van der Waals surface area contributed by atoms with E-state index in [0.717, 1.165) is 4.57 Å². The van der Waals surface area contributed by atoms with Crippen molar-refractivity contribution in [3.63, 3.8) is 0 Å². The molecule has 0 aliphatic carbocycles. The van der Waals surface area contributed by atoms with Gasteiger partial charge < -0.3 is 4.57 Å². The van der Waals surface area contributed by atoms with E-state index in [0.29, 0.717) is 9.99 Å². The highest BCUT2D eigenvalue weighted by Crippen LogP contribution is 2.28. The van der Waals surface area contributed by atoms with Gasteiger partial charge in [0, 0.05) is 10.7 Å².